The summed E-state index contributed by atoms with van der Waals surface area (Å²) in [6, 6.07) is 0.233. The van der Waals surface area contributed by atoms with Gasteiger partial charge in [0.15, 0.2) is 0 Å². The molecule has 42 heavy (non-hydrogen) atoms. The molecule has 0 N–H and O–H groups in total. The number of carbonyl (C=O) groups excluding carboxylic acids is 2. The molecule has 0 aromatic carbocycles. The number of halogens is 1. The number of nitrogens with zero attached hydrogens (tertiary/aromatic N) is 3. The maximum Gasteiger partial charge on any atom is 0.409 e. The van der Waals surface area contributed by atoms with Crippen LogP contribution in [-0.4, -0.2) is 79.1 Å². The predicted molar refractivity (Wildman–Crippen MR) is 180 cm³/mol. The van der Waals surface area contributed by atoms with Crippen LogP contribution in [0.15, 0.2) is 0 Å². The highest BCUT2D eigenvalue weighted by molar-refractivity contribution is 5.85. The van der Waals surface area contributed by atoms with Crippen molar-refractivity contribution in [3.63, 3.8) is 0 Å². The fourth-order valence-corrected chi connectivity index (χ4v) is 6.49. The van der Waals surface area contributed by atoms with Gasteiger partial charge in [0.1, 0.15) is 0 Å². The summed E-state index contributed by atoms with van der Waals surface area (Å²) >= 11 is 0. The van der Waals surface area contributed by atoms with Crippen molar-refractivity contribution in [2.45, 2.75) is 167 Å². The van der Waals surface area contributed by atoms with Gasteiger partial charge < -0.3 is 19.4 Å². The number of amides is 2. The lowest BCUT2D eigenvalue weighted by Crippen LogP contribution is -2.47. The molecule has 2 aliphatic heterocycles. The van der Waals surface area contributed by atoms with Crippen molar-refractivity contribution in [2.24, 2.45) is 0 Å². The standard InChI is InChI=1S/C35H67N3O3.ClH/c1-3-4-5-6-7-8-9-10-11-12-13-14-15-16-17-18-19-20-21-25-34(39)38-27-23-22-24-33(38)26-32-41-35(40)37-30-28-36(2)29-31-37;/h33H,3-32H2,1-2H3;1H. The van der Waals surface area contributed by atoms with Crippen LogP contribution in [0.4, 0.5) is 4.79 Å². The molecule has 248 valence electrons. The molecule has 0 radical (unpaired) electrons. The highest BCUT2D eigenvalue weighted by Crippen LogP contribution is 2.22. The van der Waals surface area contributed by atoms with Crippen molar-refractivity contribution in [1.82, 2.24) is 14.7 Å². The zero-order valence-corrected chi connectivity index (χ0v) is 28.6. The first kappa shape index (κ1) is 39.0. The van der Waals surface area contributed by atoms with E-state index in [9.17, 15) is 9.59 Å². The minimum atomic E-state index is -0.194. The molecule has 6 nitrogen and oxygen atoms in total. The fourth-order valence-electron chi connectivity index (χ4n) is 6.49. The van der Waals surface area contributed by atoms with Crippen LogP contribution in [0.1, 0.15) is 161 Å². The lowest BCUT2D eigenvalue weighted by atomic mass is 9.98. The van der Waals surface area contributed by atoms with Crippen LogP contribution < -0.4 is 0 Å². The molecular weight excluding hydrogens is 546 g/mol. The highest BCUT2D eigenvalue weighted by Gasteiger charge is 2.27. The predicted octanol–water partition coefficient (Wildman–Crippen LogP) is 9.39. The number of piperidine rings is 1. The monoisotopic (exact) mass is 613 g/mol. The summed E-state index contributed by atoms with van der Waals surface area (Å²) in [6.07, 6.45) is 30.6. The molecule has 0 bridgehead atoms. The summed E-state index contributed by atoms with van der Waals surface area (Å²) in [5.41, 5.74) is 0. The number of unbranched alkanes of at least 4 members (excludes halogenated alkanes) is 18. The number of hydrogen-bond donors (Lipinski definition) is 0. The number of carbonyl (C=O) groups is 2. The Morgan fingerprint density at radius 1 is 0.643 bits per heavy atom. The van der Waals surface area contributed by atoms with Crippen LogP contribution in [0.25, 0.3) is 0 Å². The van der Waals surface area contributed by atoms with Crippen molar-refractivity contribution >= 4 is 24.4 Å². The molecule has 0 saturated carbocycles. The fraction of sp³-hybridized carbons (Fsp3) is 0.943. The molecule has 0 spiro atoms. The third-order valence-electron chi connectivity index (χ3n) is 9.38. The Labute approximate surface area is 266 Å². The lowest BCUT2D eigenvalue weighted by Gasteiger charge is -2.36. The molecule has 1 unspecified atom stereocenters. The Bertz CT molecular complexity index is 657. The summed E-state index contributed by atoms with van der Waals surface area (Å²) in [4.78, 5) is 31.5. The van der Waals surface area contributed by atoms with E-state index in [1.807, 2.05) is 4.90 Å². The topological polar surface area (TPSA) is 53.1 Å². The van der Waals surface area contributed by atoms with Gasteiger partial charge in [0, 0.05) is 51.6 Å². The highest BCUT2D eigenvalue weighted by atomic mass is 35.5. The third kappa shape index (κ3) is 18.6. The molecule has 0 aliphatic carbocycles. The second-order valence-electron chi connectivity index (χ2n) is 13.0. The first-order chi connectivity index (χ1) is 20.1. The molecule has 2 saturated heterocycles. The van der Waals surface area contributed by atoms with E-state index < -0.39 is 0 Å². The summed E-state index contributed by atoms with van der Waals surface area (Å²) in [5, 5.41) is 0. The average molecular weight is 614 g/mol. The van der Waals surface area contributed by atoms with Crippen molar-refractivity contribution in [3.05, 3.63) is 0 Å². The van der Waals surface area contributed by atoms with Crippen LogP contribution in [0.2, 0.25) is 0 Å². The Balaban J connectivity index is 0.00000882. The average Bonchev–Trinajstić information content (AvgIpc) is 2.98. The molecule has 7 heteroatoms. The Morgan fingerprint density at radius 3 is 1.62 bits per heavy atom. The van der Waals surface area contributed by atoms with E-state index in [1.54, 1.807) is 0 Å². The van der Waals surface area contributed by atoms with E-state index in [1.165, 1.54) is 122 Å². The van der Waals surface area contributed by atoms with E-state index in [2.05, 4.69) is 23.8 Å². The SMILES string of the molecule is CCCCCCCCCCCCCCCCCCCCCC(=O)N1CCCCC1CCOC(=O)N1CCN(C)CC1.Cl. The summed E-state index contributed by atoms with van der Waals surface area (Å²) in [5.74, 6) is 0.312. The minimum Gasteiger partial charge on any atom is -0.449 e. The van der Waals surface area contributed by atoms with Gasteiger partial charge in [0.05, 0.1) is 6.61 Å². The quantitative estimate of drug-likeness (QED) is 0.108. The van der Waals surface area contributed by atoms with Gasteiger partial charge in [-0.15, -0.1) is 12.4 Å². The molecule has 1 atom stereocenters. The van der Waals surface area contributed by atoms with Crippen molar-refractivity contribution in [3.8, 4) is 0 Å². The Morgan fingerprint density at radius 2 is 1.12 bits per heavy atom. The molecule has 2 fully saturated rings. The van der Waals surface area contributed by atoms with E-state index in [0.717, 1.165) is 58.4 Å². The lowest BCUT2D eigenvalue weighted by molar-refractivity contribution is -0.135. The second kappa shape index (κ2) is 26.4. The van der Waals surface area contributed by atoms with E-state index >= 15 is 0 Å². The van der Waals surface area contributed by atoms with E-state index in [4.69, 9.17) is 4.74 Å². The van der Waals surface area contributed by atoms with Gasteiger partial charge in [0.2, 0.25) is 5.91 Å². The van der Waals surface area contributed by atoms with Gasteiger partial charge in [-0.1, -0.05) is 122 Å². The summed E-state index contributed by atoms with van der Waals surface area (Å²) in [7, 11) is 2.08. The molecule has 2 aliphatic rings. The number of hydrogen-bond acceptors (Lipinski definition) is 4. The van der Waals surface area contributed by atoms with E-state index in [0.29, 0.717) is 18.9 Å². The molecule has 2 heterocycles. The van der Waals surface area contributed by atoms with Crippen molar-refractivity contribution in [1.29, 1.82) is 0 Å². The van der Waals surface area contributed by atoms with Crippen LogP contribution in [0.5, 0.6) is 0 Å². The largest absolute Gasteiger partial charge is 0.449 e. The normalized spacial score (nSPS) is 17.7. The first-order valence-electron chi connectivity index (χ1n) is 18.0. The minimum absolute atomic E-state index is 0. The molecule has 0 aromatic heterocycles. The zero-order valence-electron chi connectivity index (χ0n) is 27.8. The van der Waals surface area contributed by atoms with Crippen LogP contribution in [0, 0.1) is 0 Å². The zero-order chi connectivity index (χ0) is 29.4. The number of likely N-dealkylation sites (N-methyl/N-ethyl adjacent to an activating group) is 1. The molecule has 2 rings (SSSR count). The van der Waals surface area contributed by atoms with Crippen molar-refractivity contribution < 1.29 is 14.3 Å². The van der Waals surface area contributed by atoms with E-state index in [-0.39, 0.29) is 24.5 Å². The number of likely N-dealkylation sites (tertiary alicyclic amines) is 1. The summed E-state index contributed by atoms with van der Waals surface area (Å²) in [6.45, 7) is 6.86. The maximum atomic E-state index is 13.0. The van der Waals surface area contributed by atoms with Gasteiger partial charge in [0.25, 0.3) is 0 Å². The molecule has 0 aromatic rings. The summed E-state index contributed by atoms with van der Waals surface area (Å²) < 4.78 is 5.58. The smallest absolute Gasteiger partial charge is 0.409 e. The number of piperazine rings is 1. The van der Waals surface area contributed by atoms with Crippen LogP contribution >= 0.6 is 12.4 Å². The van der Waals surface area contributed by atoms with Crippen molar-refractivity contribution in [2.75, 3.05) is 46.4 Å². The van der Waals surface area contributed by atoms with Gasteiger partial charge >= 0.3 is 6.09 Å². The molecule has 2 amide bonds. The molecular formula is C35H68ClN3O3. The Hall–Kier alpha value is -1.01. The van der Waals surface area contributed by atoms with Crippen LogP contribution in [-0.2, 0) is 9.53 Å². The van der Waals surface area contributed by atoms with Gasteiger partial charge in [-0.05, 0) is 32.7 Å². The van der Waals surface area contributed by atoms with Gasteiger partial charge in [-0.25, -0.2) is 4.79 Å². The Kier molecular flexibility index (Phi) is 24.5. The van der Waals surface area contributed by atoms with Crippen LogP contribution in [0.3, 0.4) is 0 Å². The third-order valence-corrected chi connectivity index (χ3v) is 9.38. The van der Waals surface area contributed by atoms with Gasteiger partial charge in [-0.3, -0.25) is 4.79 Å². The number of ether oxygens (including phenoxy) is 1. The second-order valence-corrected chi connectivity index (χ2v) is 13.0. The number of rotatable bonds is 23. The maximum absolute atomic E-state index is 13.0. The first-order valence-corrected chi connectivity index (χ1v) is 18.0. The van der Waals surface area contributed by atoms with Gasteiger partial charge in [-0.2, -0.15) is 0 Å².